The van der Waals surface area contributed by atoms with Gasteiger partial charge in [0.25, 0.3) is 0 Å². The van der Waals surface area contributed by atoms with Gasteiger partial charge < -0.3 is 15.4 Å². The molecule has 2 aliphatic heterocycles. The molecular weight excluding hydrogens is 286 g/mol. The lowest BCUT2D eigenvalue weighted by Gasteiger charge is -2.24. The molecule has 0 spiro atoms. The zero-order chi connectivity index (χ0) is 14.2. The van der Waals surface area contributed by atoms with Gasteiger partial charge in [-0.2, -0.15) is 0 Å². The summed E-state index contributed by atoms with van der Waals surface area (Å²) >= 11 is 1.55. The van der Waals surface area contributed by atoms with Gasteiger partial charge in [0.05, 0.1) is 29.8 Å². The zero-order valence-corrected chi connectivity index (χ0v) is 12.9. The molecule has 0 aromatic carbocycles. The maximum absolute atomic E-state index is 12.4. The van der Waals surface area contributed by atoms with Gasteiger partial charge in [-0.05, 0) is 25.2 Å². The summed E-state index contributed by atoms with van der Waals surface area (Å²) in [5, 5.41) is 7.24. The number of hydrogen-bond acceptors (Lipinski definition) is 5. The Morgan fingerprint density at radius 1 is 1.38 bits per heavy atom. The molecule has 1 amide bonds. The number of ether oxygens (including phenoxy) is 1. The average molecular weight is 307 g/mol. The zero-order valence-electron chi connectivity index (χ0n) is 12.1. The first kappa shape index (κ1) is 13.7. The highest BCUT2D eigenvalue weighted by Crippen LogP contribution is 2.34. The summed E-state index contributed by atoms with van der Waals surface area (Å²) < 4.78 is 5.42. The molecule has 1 saturated heterocycles. The molecule has 2 fully saturated rings. The molecule has 0 bridgehead atoms. The van der Waals surface area contributed by atoms with Crippen LogP contribution in [-0.2, 0) is 22.6 Å². The Bertz CT molecular complexity index is 508. The van der Waals surface area contributed by atoms with E-state index in [0.29, 0.717) is 18.6 Å². The van der Waals surface area contributed by atoms with Crippen LogP contribution in [0.5, 0.6) is 0 Å². The summed E-state index contributed by atoms with van der Waals surface area (Å²) in [7, 11) is 0. The van der Waals surface area contributed by atoms with E-state index in [1.54, 1.807) is 11.3 Å². The van der Waals surface area contributed by atoms with Crippen LogP contribution in [0, 0.1) is 5.92 Å². The maximum atomic E-state index is 12.4. The van der Waals surface area contributed by atoms with Crippen molar-refractivity contribution in [3.8, 4) is 0 Å². The number of nitrogens with one attached hydrogen (secondary N) is 2. The average Bonchev–Trinajstić information content (AvgIpc) is 3.10. The van der Waals surface area contributed by atoms with Crippen LogP contribution in [0.2, 0.25) is 0 Å². The maximum Gasteiger partial charge on any atom is 0.243 e. The van der Waals surface area contributed by atoms with Crippen molar-refractivity contribution in [1.82, 2.24) is 10.3 Å². The van der Waals surface area contributed by atoms with Gasteiger partial charge in [0.15, 0.2) is 5.13 Å². The molecule has 3 unspecified atom stereocenters. The molecule has 1 aliphatic carbocycles. The minimum atomic E-state index is -0.0460. The predicted molar refractivity (Wildman–Crippen MR) is 81.4 cm³/mol. The van der Waals surface area contributed by atoms with Gasteiger partial charge in [-0.15, -0.1) is 0 Å². The Labute approximate surface area is 128 Å². The molecule has 3 aliphatic rings. The van der Waals surface area contributed by atoms with Crippen LogP contribution >= 0.6 is 11.3 Å². The molecule has 2 N–H and O–H groups in total. The van der Waals surface area contributed by atoms with E-state index in [0.717, 1.165) is 35.2 Å². The first-order valence-corrected chi connectivity index (χ1v) is 8.74. The van der Waals surface area contributed by atoms with Gasteiger partial charge in [-0.1, -0.05) is 24.2 Å². The van der Waals surface area contributed by atoms with Crippen LogP contribution < -0.4 is 10.6 Å². The van der Waals surface area contributed by atoms with Gasteiger partial charge in [0, 0.05) is 12.5 Å². The minimum absolute atomic E-state index is 0.0460. The van der Waals surface area contributed by atoms with E-state index >= 15 is 0 Å². The third-order valence-electron chi connectivity index (χ3n) is 4.90. The summed E-state index contributed by atoms with van der Waals surface area (Å²) in [6, 6.07) is 0.502. The molecule has 4 rings (SSSR count). The molecule has 0 radical (unpaired) electrons. The number of thiazole rings is 1. The lowest BCUT2D eigenvalue weighted by Crippen LogP contribution is -2.39. The van der Waals surface area contributed by atoms with E-state index in [1.165, 1.54) is 25.7 Å². The quantitative estimate of drug-likeness (QED) is 0.878. The van der Waals surface area contributed by atoms with E-state index in [9.17, 15) is 4.79 Å². The second-order valence-electron chi connectivity index (χ2n) is 6.29. The number of nitrogens with zero attached hydrogens (tertiary/aromatic N) is 1. The van der Waals surface area contributed by atoms with Crippen LogP contribution in [0.3, 0.4) is 0 Å². The van der Waals surface area contributed by atoms with Gasteiger partial charge in [-0.25, -0.2) is 4.98 Å². The van der Waals surface area contributed by atoms with Crippen LogP contribution in [-0.4, -0.2) is 29.6 Å². The molecule has 3 atom stereocenters. The Kier molecular flexibility index (Phi) is 3.69. The van der Waals surface area contributed by atoms with Gasteiger partial charge >= 0.3 is 0 Å². The smallest absolute Gasteiger partial charge is 0.243 e. The number of carbonyl (C=O) groups is 1. The van der Waals surface area contributed by atoms with E-state index in [4.69, 9.17) is 4.74 Å². The Balaban J connectivity index is 1.40. The van der Waals surface area contributed by atoms with Crippen LogP contribution in [0.4, 0.5) is 5.13 Å². The third kappa shape index (κ3) is 2.72. The van der Waals surface area contributed by atoms with Crippen LogP contribution in [0.25, 0.3) is 0 Å². The fourth-order valence-corrected chi connectivity index (χ4v) is 4.74. The number of fused-ring (bicyclic) bond motifs is 2. The molecule has 21 heavy (non-hydrogen) atoms. The van der Waals surface area contributed by atoms with Crippen molar-refractivity contribution in [2.75, 3.05) is 11.9 Å². The standard InChI is InChI=1S/C15H21N3O2S/c19-14(12-7-9-3-1-2-4-10(9)16-12)18-15-17-11-5-6-20-8-13(11)21-15/h9-10,12,16H,1-8H2,(H,17,18,19). The van der Waals surface area contributed by atoms with Crippen molar-refractivity contribution in [2.45, 2.75) is 57.2 Å². The number of carbonyl (C=O) groups excluding carboxylic acids is 1. The van der Waals surface area contributed by atoms with Crippen molar-refractivity contribution in [3.05, 3.63) is 10.6 Å². The largest absolute Gasteiger partial charge is 0.375 e. The number of rotatable bonds is 2. The molecule has 1 aromatic heterocycles. The predicted octanol–water partition coefficient (Wildman–Crippen LogP) is 2.08. The monoisotopic (exact) mass is 307 g/mol. The normalized spacial score (nSPS) is 31.5. The molecule has 6 heteroatoms. The van der Waals surface area contributed by atoms with Gasteiger partial charge in [-0.3, -0.25) is 4.79 Å². The first-order valence-electron chi connectivity index (χ1n) is 7.93. The Morgan fingerprint density at radius 3 is 3.14 bits per heavy atom. The molecule has 1 aromatic rings. The van der Waals surface area contributed by atoms with Crippen molar-refractivity contribution >= 4 is 22.4 Å². The highest BCUT2D eigenvalue weighted by molar-refractivity contribution is 7.15. The van der Waals surface area contributed by atoms with Crippen LogP contribution in [0.15, 0.2) is 0 Å². The van der Waals surface area contributed by atoms with Crippen molar-refractivity contribution in [3.63, 3.8) is 0 Å². The second kappa shape index (κ2) is 5.66. The lowest BCUT2D eigenvalue weighted by atomic mass is 9.85. The number of anilines is 1. The second-order valence-corrected chi connectivity index (χ2v) is 7.37. The summed E-state index contributed by atoms with van der Waals surface area (Å²) in [5.74, 6) is 0.767. The number of aromatic nitrogens is 1. The lowest BCUT2D eigenvalue weighted by molar-refractivity contribution is -0.117. The summed E-state index contributed by atoms with van der Waals surface area (Å²) in [6.07, 6.45) is 6.93. The van der Waals surface area contributed by atoms with E-state index < -0.39 is 0 Å². The van der Waals surface area contributed by atoms with Crippen molar-refractivity contribution in [2.24, 2.45) is 5.92 Å². The third-order valence-corrected chi connectivity index (χ3v) is 5.89. The molecular formula is C15H21N3O2S. The fourth-order valence-electron chi connectivity index (χ4n) is 3.79. The summed E-state index contributed by atoms with van der Waals surface area (Å²) in [4.78, 5) is 18.1. The highest BCUT2D eigenvalue weighted by atomic mass is 32.1. The summed E-state index contributed by atoms with van der Waals surface area (Å²) in [6.45, 7) is 1.37. The van der Waals surface area contributed by atoms with E-state index in [-0.39, 0.29) is 11.9 Å². The molecule has 5 nitrogen and oxygen atoms in total. The Hall–Kier alpha value is -0.980. The fraction of sp³-hybridized carbons (Fsp3) is 0.733. The van der Waals surface area contributed by atoms with Crippen LogP contribution in [0.1, 0.15) is 42.7 Å². The minimum Gasteiger partial charge on any atom is -0.375 e. The van der Waals surface area contributed by atoms with E-state index in [1.807, 2.05) is 0 Å². The van der Waals surface area contributed by atoms with E-state index in [2.05, 4.69) is 15.6 Å². The summed E-state index contributed by atoms with van der Waals surface area (Å²) in [5.41, 5.74) is 1.09. The molecule has 3 heterocycles. The van der Waals surface area contributed by atoms with Crippen molar-refractivity contribution < 1.29 is 9.53 Å². The highest BCUT2D eigenvalue weighted by Gasteiger charge is 2.38. The van der Waals surface area contributed by atoms with Gasteiger partial charge in [0.1, 0.15) is 0 Å². The van der Waals surface area contributed by atoms with Crippen molar-refractivity contribution in [1.29, 1.82) is 0 Å². The Morgan fingerprint density at radius 2 is 2.29 bits per heavy atom. The molecule has 1 saturated carbocycles. The number of amides is 1. The topological polar surface area (TPSA) is 63.2 Å². The number of hydrogen-bond donors (Lipinski definition) is 2. The van der Waals surface area contributed by atoms with Gasteiger partial charge in [0.2, 0.25) is 5.91 Å². The molecule has 114 valence electrons. The SMILES string of the molecule is O=C(Nc1nc2c(s1)COCC2)C1CC2CCCCC2N1. The first-order chi connectivity index (χ1) is 10.3.